The summed E-state index contributed by atoms with van der Waals surface area (Å²) in [6, 6.07) is 16.2. The minimum Gasteiger partial charge on any atom is -0.496 e. The van der Waals surface area contributed by atoms with Crippen molar-refractivity contribution < 1.29 is 32.6 Å². The zero-order chi connectivity index (χ0) is 25.7. The number of methoxy groups -OCH3 is 1. The van der Waals surface area contributed by atoms with Crippen LogP contribution >= 0.6 is 0 Å². The molecule has 0 aliphatic carbocycles. The first-order valence-electron chi connectivity index (χ1n) is 11.7. The summed E-state index contributed by atoms with van der Waals surface area (Å²) in [6.07, 6.45) is 0.797. The van der Waals surface area contributed by atoms with E-state index in [1.54, 1.807) is 36.1 Å². The van der Waals surface area contributed by atoms with Crippen LogP contribution in [0.4, 0.5) is 8.78 Å². The summed E-state index contributed by atoms with van der Waals surface area (Å²) in [4.78, 5) is 26.1. The van der Waals surface area contributed by atoms with Crippen LogP contribution in [0.25, 0.3) is 11.1 Å². The Morgan fingerprint density at radius 3 is 2.47 bits per heavy atom. The molecule has 1 fully saturated rings. The van der Waals surface area contributed by atoms with Crippen LogP contribution in [0, 0.1) is 11.6 Å². The van der Waals surface area contributed by atoms with E-state index in [1.807, 2.05) is 24.3 Å². The quantitative estimate of drug-likeness (QED) is 0.378. The highest BCUT2D eigenvalue weighted by molar-refractivity contribution is 5.88. The van der Waals surface area contributed by atoms with Crippen LogP contribution in [-0.4, -0.2) is 36.5 Å². The van der Waals surface area contributed by atoms with Gasteiger partial charge in [-0.1, -0.05) is 36.4 Å². The van der Waals surface area contributed by atoms with Gasteiger partial charge in [0.05, 0.1) is 13.7 Å². The standard InChI is InChI=1S/C28H27F2NO5/c1-3-35-28(33)25-11-12-27(32)31(25)16-18-5-4-6-19(13-18)17-36-21-9-7-20(8-10-21)22-14-23(29)24(30)15-26(22)34-2/h4-10,13-15,25H,3,11-12,16-17H2,1-2H3. The fraction of sp³-hybridized carbons (Fsp3) is 0.286. The summed E-state index contributed by atoms with van der Waals surface area (Å²) in [5, 5.41) is 0. The number of carbonyl (C=O) groups is 2. The number of benzene rings is 3. The lowest BCUT2D eigenvalue weighted by molar-refractivity contribution is -0.151. The fourth-order valence-electron chi connectivity index (χ4n) is 4.25. The lowest BCUT2D eigenvalue weighted by Gasteiger charge is -2.23. The number of hydrogen-bond donors (Lipinski definition) is 0. The molecule has 0 spiro atoms. The number of halogens is 2. The van der Waals surface area contributed by atoms with Crippen LogP contribution in [0.2, 0.25) is 0 Å². The predicted molar refractivity (Wildman–Crippen MR) is 129 cm³/mol. The van der Waals surface area contributed by atoms with E-state index in [1.165, 1.54) is 7.11 Å². The van der Waals surface area contributed by atoms with E-state index in [2.05, 4.69) is 0 Å². The smallest absolute Gasteiger partial charge is 0.328 e. The Labute approximate surface area is 208 Å². The van der Waals surface area contributed by atoms with Crippen molar-refractivity contribution in [2.45, 2.75) is 39.0 Å². The minimum atomic E-state index is -0.969. The normalized spacial score (nSPS) is 15.2. The van der Waals surface area contributed by atoms with Gasteiger partial charge in [0, 0.05) is 24.6 Å². The Kier molecular flexibility index (Phi) is 7.83. The SMILES string of the molecule is CCOC(=O)C1CCC(=O)N1Cc1cccc(COc2ccc(-c3cc(F)c(F)cc3OC)cc2)c1. The first kappa shape index (κ1) is 25.2. The van der Waals surface area contributed by atoms with Crippen LogP contribution in [0.15, 0.2) is 60.7 Å². The van der Waals surface area contributed by atoms with Crippen molar-refractivity contribution >= 4 is 11.9 Å². The maximum Gasteiger partial charge on any atom is 0.328 e. The van der Waals surface area contributed by atoms with Crippen LogP contribution in [0.5, 0.6) is 11.5 Å². The summed E-state index contributed by atoms with van der Waals surface area (Å²) in [5.41, 5.74) is 2.89. The van der Waals surface area contributed by atoms with Gasteiger partial charge in [0.25, 0.3) is 0 Å². The summed E-state index contributed by atoms with van der Waals surface area (Å²) >= 11 is 0. The minimum absolute atomic E-state index is 0.0625. The summed E-state index contributed by atoms with van der Waals surface area (Å²) in [5.74, 6) is -1.51. The molecule has 1 heterocycles. The van der Waals surface area contributed by atoms with Gasteiger partial charge in [-0.15, -0.1) is 0 Å². The van der Waals surface area contributed by atoms with Crippen LogP contribution in [0.1, 0.15) is 30.9 Å². The number of hydrogen-bond acceptors (Lipinski definition) is 5. The van der Waals surface area contributed by atoms with Crippen LogP contribution in [0.3, 0.4) is 0 Å². The highest BCUT2D eigenvalue weighted by atomic mass is 19.2. The van der Waals surface area contributed by atoms with E-state index < -0.39 is 17.7 Å². The molecule has 188 valence electrons. The summed E-state index contributed by atoms with van der Waals surface area (Å²) in [6.45, 7) is 2.63. The maximum absolute atomic E-state index is 13.7. The summed E-state index contributed by atoms with van der Waals surface area (Å²) < 4.78 is 43.5. The molecular formula is C28H27F2NO5. The number of rotatable bonds is 9. The Morgan fingerprint density at radius 1 is 1.03 bits per heavy atom. The zero-order valence-electron chi connectivity index (χ0n) is 20.1. The van der Waals surface area contributed by atoms with Crippen LogP contribution < -0.4 is 9.47 Å². The molecule has 8 heteroatoms. The van der Waals surface area contributed by atoms with Crippen molar-refractivity contribution in [1.29, 1.82) is 0 Å². The van der Waals surface area contributed by atoms with E-state index in [0.29, 0.717) is 36.3 Å². The number of likely N-dealkylation sites (tertiary alicyclic amines) is 1. The molecule has 1 aliphatic rings. The Balaban J connectivity index is 1.41. The molecule has 0 aromatic heterocycles. The van der Waals surface area contributed by atoms with Gasteiger partial charge in [0.15, 0.2) is 11.6 Å². The van der Waals surface area contributed by atoms with E-state index in [4.69, 9.17) is 14.2 Å². The fourth-order valence-corrected chi connectivity index (χ4v) is 4.25. The van der Waals surface area contributed by atoms with Crippen molar-refractivity contribution in [3.63, 3.8) is 0 Å². The van der Waals surface area contributed by atoms with Gasteiger partial charge in [0.1, 0.15) is 24.1 Å². The van der Waals surface area contributed by atoms with E-state index in [-0.39, 0.29) is 30.8 Å². The van der Waals surface area contributed by atoms with Crippen molar-refractivity contribution in [3.8, 4) is 22.6 Å². The van der Waals surface area contributed by atoms with Gasteiger partial charge in [0.2, 0.25) is 5.91 Å². The summed E-state index contributed by atoms with van der Waals surface area (Å²) in [7, 11) is 1.40. The van der Waals surface area contributed by atoms with Gasteiger partial charge in [-0.2, -0.15) is 0 Å². The van der Waals surface area contributed by atoms with E-state index in [0.717, 1.165) is 23.3 Å². The molecule has 4 rings (SSSR count). The van der Waals surface area contributed by atoms with Gasteiger partial charge in [-0.05, 0) is 48.2 Å². The molecule has 1 unspecified atom stereocenters. The molecule has 1 saturated heterocycles. The van der Waals surface area contributed by atoms with Crippen LogP contribution in [-0.2, 0) is 27.5 Å². The Bertz CT molecular complexity index is 1250. The number of amides is 1. The maximum atomic E-state index is 13.7. The molecule has 0 N–H and O–H groups in total. The Hall–Kier alpha value is -3.94. The van der Waals surface area contributed by atoms with E-state index in [9.17, 15) is 18.4 Å². The topological polar surface area (TPSA) is 65.1 Å². The molecule has 1 atom stereocenters. The zero-order valence-corrected chi connectivity index (χ0v) is 20.1. The second kappa shape index (κ2) is 11.2. The first-order chi connectivity index (χ1) is 17.4. The third kappa shape index (κ3) is 5.64. The van der Waals surface area contributed by atoms with E-state index >= 15 is 0 Å². The van der Waals surface area contributed by atoms with Gasteiger partial charge >= 0.3 is 5.97 Å². The number of nitrogens with zero attached hydrogens (tertiary/aromatic N) is 1. The monoisotopic (exact) mass is 495 g/mol. The third-order valence-corrected chi connectivity index (χ3v) is 6.04. The molecule has 0 saturated carbocycles. The number of ether oxygens (including phenoxy) is 3. The second-order valence-electron chi connectivity index (χ2n) is 8.43. The largest absolute Gasteiger partial charge is 0.496 e. The molecule has 6 nitrogen and oxygen atoms in total. The molecule has 1 aliphatic heterocycles. The lowest BCUT2D eigenvalue weighted by Crippen LogP contribution is -2.39. The number of esters is 1. The van der Waals surface area contributed by atoms with Gasteiger partial charge in [-0.3, -0.25) is 4.79 Å². The van der Waals surface area contributed by atoms with Crippen molar-refractivity contribution in [3.05, 3.63) is 83.4 Å². The highest BCUT2D eigenvalue weighted by Crippen LogP contribution is 2.33. The van der Waals surface area contributed by atoms with Gasteiger partial charge in [-0.25, -0.2) is 13.6 Å². The second-order valence-corrected chi connectivity index (χ2v) is 8.43. The average Bonchev–Trinajstić information content (AvgIpc) is 3.24. The van der Waals surface area contributed by atoms with Gasteiger partial charge < -0.3 is 19.1 Å². The Morgan fingerprint density at radius 2 is 1.75 bits per heavy atom. The van der Waals surface area contributed by atoms with Crippen molar-refractivity contribution in [2.24, 2.45) is 0 Å². The average molecular weight is 496 g/mol. The lowest BCUT2D eigenvalue weighted by atomic mass is 10.0. The molecule has 0 radical (unpaired) electrons. The number of carbonyl (C=O) groups excluding carboxylic acids is 2. The molecule has 3 aromatic carbocycles. The predicted octanol–water partition coefficient (Wildman–Crippen LogP) is 5.27. The van der Waals surface area contributed by atoms with Crippen molar-refractivity contribution in [2.75, 3.05) is 13.7 Å². The molecular weight excluding hydrogens is 468 g/mol. The molecule has 3 aromatic rings. The van der Waals surface area contributed by atoms with Crippen molar-refractivity contribution in [1.82, 2.24) is 4.90 Å². The highest BCUT2D eigenvalue weighted by Gasteiger charge is 2.36. The molecule has 0 bridgehead atoms. The molecule has 36 heavy (non-hydrogen) atoms. The third-order valence-electron chi connectivity index (χ3n) is 6.04. The molecule has 1 amide bonds. The first-order valence-corrected chi connectivity index (χ1v) is 11.7.